The van der Waals surface area contributed by atoms with Crippen LogP contribution < -0.4 is 0 Å². The van der Waals surface area contributed by atoms with Crippen LogP contribution in [0.2, 0.25) is 0 Å². The number of unbranched alkanes of at least 4 members (excludes halogenated alkanes) is 2. The Bertz CT molecular complexity index is 315. The third-order valence-electron chi connectivity index (χ3n) is 4.50. The predicted octanol–water partition coefficient (Wildman–Crippen LogP) is 7.31. The summed E-state index contributed by atoms with van der Waals surface area (Å²) < 4.78 is 0. The zero-order valence-corrected chi connectivity index (χ0v) is 15.2. The molecule has 0 heteroatoms. The minimum atomic E-state index is 0.283. The van der Waals surface area contributed by atoms with Gasteiger partial charge in [0.2, 0.25) is 0 Å². The van der Waals surface area contributed by atoms with E-state index in [1.165, 1.54) is 43.3 Å². The van der Waals surface area contributed by atoms with Crippen molar-refractivity contribution in [3.05, 3.63) is 23.3 Å². The zero-order chi connectivity index (χ0) is 15.8. The smallest absolute Gasteiger partial charge is 0.0102 e. The Morgan fingerprint density at radius 2 is 1.60 bits per heavy atom. The first-order valence-corrected chi connectivity index (χ1v) is 8.64. The van der Waals surface area contributed by atoms with Gasteiger partial charge in [-0.1, -0.05) is 85.0 Å². The fourth-order valence-electron chi connectivity index (χ4n) is 3.13. The highest BCUT2D eigenvalue weighted by Crippen LogP contribution is 2.40. The molecule has 20 heavy (non-hydrogen) atoms. The lowest BCUT2D eigenvalue weighted by atomic mass is 9.73. The molecule has 0 aromatic carbocycles. The maximum Gasteiger partial charge on any atom is -0.0102 e. The minimum absolute atomic E-state index is 0.283. The third-order valence-corrected chi connectivity index (χ3v) is 4.50. The zero-order valence-electron chi connectivity index (χ0n) is 15.2. The molecular weight excluding hydrogens is 240 g/mol. The lowest BCUT2D eigenvalue weighted by Gasteiger charge is -2.32. The standard InChI is InChI=1S/C20H38/c1-9-17(5)19(18(6)10-2)20(7,8)15-13-11-12-14-16(3)4/h16H,5,9-15H2,1-4,6-8H3. The largest absolute Gasteiger partial charge is 0.0955 e. The fourth-order valence-corrected chi connectivity index (χ4v) is 3.13. The third kappa shape index (κ3) is 6.77. The van der Waals surface area contributed by atoms with E-state index in [0.29, 0.717) is 0 Å². The Hall–Kier alpha value is -0.520. The van der Waals surface area contributed by atoms with Crippen molar-refractivity contribution in [3.8, 4) is 0 Å². The van der Waals surface area contributed by atoms with Crippen LogP contribution in [0.3, 0.4) is 0 Å². The maximum atomic E-state index is 4.32. The molecule has 0 aliphatic carbocycles. The van der Waals surface area contributed by atoms with Crippen LogP contribution in [0.15, 0.2) is 23.3 Å². The monoisotopic (exact) mass is 278 g/mol. The molecule has 0 saturated heterocycles. The molecule has 0 aromatic rings. The van der Waals surface area contributed by atoms with E-state index in [9.17, 15) is 0 Å². The molecule has 0 N–H and O–H groups in total. The van der Waals surface area contributed by atoms with E-state index in [1.54, 1.807) is 5.57 Å². The van der Waals surface area contributed by atoms with Gasteiger partial charge in [0.05, 0.1) is 0 Å². The van der Waals surface area contributed by atoms with Crippen LogP contribution in [0, 0.1) is 11.3 Å². The van der Waals surface area contributed by atoms with Crippen molar-refractivity contribution in [1.29, 1.82) is 0 Å². The highest BCUT2D eigenvalue weighted by molar-refractivity contribution is 5.37. The summed E-state index contributed by atoms with van der Waals surface area (Å²) >= 11 is 0. The molecule has 0 unspecified atom stereocenters. The van der Waals surface area contributed by atoms with Crippen LogP contribution >= 0.6 is 0 Å². The molecule has 0 aliphatic rings. The molecule has 0 atom stereocenters. The fraction of sp³-hybridized carbons (Fsp3) is 0.800. The van der Waals surface area contributed by atoms with Crippen molar-refractivity contribution in [3.63, 3.8) is 0 Å². The van der Waals surface area contributed by atoms with E-state index < -0.39 is 0 Å². The lowest BCUT2D eigenvalue weighted by Crippen LogP contribution is -2.18. The number of allylic oxidation sites excluding steroid dienone is 3. The highest BCUT2D eigenvalue weighted by Gasteiger charge is 2.25. The molecule has 0 aliphatic heterocycles. The first-order chi connectivity index (χ1) is 9.26. The number of hydrogen-bond acceptors (Lipinski definition) is 0. The highest BCUT2D eigenvalue weighted by atomic mass is 14.3. The van der Waals surface area contributed by atoms with Gasteiger partial charge in [-0.25, -0.2) is 0 Å². The van der Waals surface area contributed by atoms with Crippen LogP contribution in [0.25, 0.3) is 0 Å². The van der Waals surface area contributed by atoms with Gasteiger partial charge in [0.25, 0.3) is 0 Å². The van der Waals surface area contributed by atoms with E-state index in [2.05, 4.69) is 55.0 Å². The average Bonchev–Trinajstić information content (AvgIpc) is 2.37. The molecule has 118 valence electrons. The van der Waals surface area contributed by atoms with Gasteiger partial charge in [0, 0.05) is 0 Å². The Balaban J connectivity index is 4.61. The summed E-state index contributed by atoms with van der Waals surface area (Å²) in [6.45, 7) is 20.5. The summed E-state index contributed by atoms with van der Waals surface area (Å²) in [6, 6.07) is 0. The van der Waals surface area contributed by atoms with E-state index in [4.69, 9.17) is 0 Å². The molecule has 0 radical (unpaired) electrons. The SMILES string of the molecule is C=C(CC)C(=C(C)CC)C(C)(C)CCCCCC(C)C. The second-order valence-electron chi connectivity index (χ2n) is 7.34. The van der Waals surface area contributed by atoms with Crippen molar-refractivity contribution in [2.75, 3.05) is 0 Å². The molecule has 0 aromatic heterocycles. The van der Waals surface area contributed by atoms with Crippen LogP contribution in [-0.4, -0.2) is 0 Å². The second kappa shape index (κ2) is 9.42. The van der Waals surface area contributed by atoms with Crippen molar-refractivity contribution in [2.24, 2.45) is 11.3 Å². The Labute approximate surface area is 128 Å². The number of hydrogen-bond donors (Lipinski definition) is 0. The van der Waals surface area contributed by atoms with Gasteiger partial charge >= 0.3 is 0 Å². The molecule has 0 rings (SSSR count). The van der Waals surface area contributed by atoms with E-state index in [0.717, 1.165) is 18.8 Å². The first-order valence-electron chi connectivity index (χ1n) is 8.64. The van der Waals surface area contributed by atoms with Crippen LogP contribution in [0.4, 0.5) is 0 Å². The van der Waals surface area contributed by atoms with Gasteiger partial charge in [0.15, 0.2) is 0 Å². The molecule has 0 amide bonds. The van der Waals surface area contributed by atoms with Gasteiger partial charge in [-0.3, -0.25) is 0 Å². The van der Waals surface area contributed by atoms with Gasteiger partial charge in [-0.15, -0.1) is 0 Å². The van der Waals surface area contributed by atoms with Gasteiger partial charge in [-0.05, 0) is 43.1 Å². The van der Waals surface area contributed by atoms with E-state index in [1.807, 2.05) is 0 Å². The molecule has 0 saturated carbocycles. The van der Waals surface area contributed by atoms with E-state index >= 15 is 0 Å². The topological polar surface area (TPSA) is 0 Å². The average molecular weight is 279 g/mol. The summed E-state index contributed by atoms with van der Waals surface area (Å²) in [5.74, 6) is 0.848. The quantitative estimate of drug-likeness (QED) is 0.290. The van der Waals surface area contributed by atoms with Crippen molar-refractivity contribution in [1.82, 2.24) is 0 Å². The van der Waals surface area contributed by atoms with Gasteiger partial charge in [0.1, 0.15) is 0 Å². The number of rotatable bonds is 10. The van der Waals surface area contributed by atoms with Crippen molar-refractivity contribution in [2.45, 2.75) is 93.4 Å². The lowest BCUT2D eigenvalue weighted by molar-refractivity contribution is 0.379. The van der Waals surface area contributed by atoms with E-state index in [-0.39, 0.29) is 5.41 Å². The minimum Gasteiger partial charge on any atom is -0.0955 e. The second-order valence-corrected chi connectivity index (χ2v) is 7.34. The molecule has 0 heterocycles. The maximum absolute atomic E-state index is 4.32. The van der Waals surface area contributed by atoms with Crippen LogP contribution in [0.5, 0.6) is 0 Å². The molecule has 0 spiro atoms. The Kier molecular flexibility index (Phi) is 9.18. The predicted molar refractivity (Wildman–Crippen MR) is 94.1 cm³/mol. The first kappa shape index (κ1) is 19.5. The van der Waals surface area contributed by atoms with Crippen molar-refractivity contribution < 1.29 is 0 Å². The van der Waals surface area contributed by atoms with Gasteiger partial charge in [-0.2, -0.15) is 0 Å². The molecule has 0 bridgehead atoms. The molecular formula is C20H38. The summed E-state index contributed by atoms with van der Waals surface area (Å²) in [6.07, 6.45) is 8.98. The molecule has 0 fully saturated rings. The van der Waals surface area contributed by atoms with Crippen LogP contribution in [0.1, 0.15) is 93.4 Å². The summed E-state index contributed by atoms with van der Waals surface area (Å²) in [7, 11) is 0. The molecule has 0 nitrogen and oxygen atoms in total. The Morgan fingerprint density at radius 1 is 1.00 bits per heavy atom. The van der Waals surface area contributed by atoms with Gasteiger partial charge < -0.3 is 0 Å². The Morgan fingerprint density at radius 3 is 2.05 bits per heavy atom. The van der Waals surface area contributed by atoms with Crippen LogP contribution in [-0.2, 0) is 0 Å². The van der Waals surface area contributed by atoms with Crippen molar-refractivity contribution >= 4 is 0 Å². The normalized spacial score (nSPS) is 13.6. The summed E-state index contributed by atoms with van der Waals surface area (Å²) in [4.78, 5) is 0. The summed E-state index contributed by atoms with van der Waals surface area (Å²) in [5.41, 5.74) is 4.71. The summed E-state index contributed by atoms with van der Waals surface area (Å²) in [5, 5.41) is 0.